The summed E-state index contributed by atoms with van der Waals surface area (Å²) in [5, 5.41) is 0.372. The Morgan fingerprint density at radius 3 is 2.74 bits per heavy atom. The number of carbonyl (C=O) groups is 1. The van der Waals surface area contributed by atoms with Crippen LogP contribution in [-0.4, -0.2) is 32.2 Å². The van der Waals surface area contributed by atoms with Gasteiger partial charge in [0.05, 0.1) is 6.61 Å². The van der Waals surface area contributed by atoms with E-state index in [0.29, 0.717) is 23.2 Å². The van der Waals surface area contributed by atoms with Gasteiger partial charge >= 0.3 is 0 Å². The first-order valence-corrected chi connectivity index (χ1v) is 11.5. The van der Waals surface area contributed by atoms with E-state index in [1.165, 1.54) is 6.20 Å². The average molecular weight is 351 g/mol. The van der Waals surface area contributed by atoms with E-state index in [9.17, 15) is 4.79 Å². The minimum atomic E-state index is -1.12. The second-order valence-electron chi connectivity index (χ2n) is 6.25. The third kappa shape index (κ3) is 8.47. The van der Waals surface area contributed by atoms with Crippen molar-refractivity contribution in [3.05, 3.63) is 53.2 Å². The van der Waals surface area contributed by atoms with Crippen molar-refractivity contribution in [2.75, 3.05) is 6.61 Å². The van der Waals surface area contributed by atoms with Gasteiger partial charge in [0.1, 0.15) is 5.15 Å². The summed E-state index contributed by atoms with van der Waals surface area (Å²) in [6.45, 7) is 11.0. The second-order valence-corrected chi connectivity index (χ2v) is 12.3. The molecule has 0 aliphatic heterocycles. The van der Waals surface area contributed by atoms with Crippen molar-refractivity contribution in [2.24, 2.45) is 4.99 Å². The van der Waals surface area contributed by atoms with Crippen molar-refractivity contribution in [2.45, 2.75) is 32.1 Å². The maximum Gasteiger partial charge on any atom is 0.212 e. The molecule has 0 amide bonds. The van der Waals surface area contributed by atoms with Crippen LogP contribution in [0.25, 0.3) is 0 Å². The molecule has 0 aliphatic rings. The van der Waals surface area contributed by atoms with E-state index in [4.69, 9.17) is 16.3 Å². The molecule has 1 heterocycles. The number of ketones is 1. The van der Waals surface area contributed by atoms with E-state index in [1.54, 1.807) is 30.4 Å². The molecule has 0 aromatic carbocycles. The number of rotatable bonds is 9. The highest BCUT2D eigenvalue weighted by molar-refractivity contribution is 6.76. The SMILES string of the molecule is C=N/C(=C\C=C/CC(=O)c1ccc(Cl)nc1)OCC[Si](C)(C)C. The van der Waals surface area contributed by atoms with Crippen molar-refractivity contribution in [3.8, 4) is 0 Å². The van der Waals surface area contributed by atoms with Crippen LogP contribution in [0.2, 0.25) is 30.8 Å². The molecule has 0 radical (unpaired) electrons. The Labute approximate surface area is 144 Å². The van der Waals surface area contributed by atoms with E-state index in [2.05, 4.69) is 36.3 Å². The van der Waals surface area contributed by atoms with Crippen LogP contribution in [0.5, 0.6) is 0 Å². The Balaban J connectivity index is 2.47. The first-order valence-electron chi connectivity index (χ1n) is 7.43. The van der Waals surface area contributed by atoms with Gasteiger partial charge in [-0.1, -0.05) is 43.4 Å². The maximum absolute atomic E-state index is 11.9. The van der Waals surface area contributed by atoms with Crippen LogP contribution in [0.3, 0.4) is 0 Å². The molecule has 1 aromatic rings. The first kappa shape index (κ1) is 19.3. The fourth-order valence-electron chi connectivity index (χ4n) is 1.59. The van der Waals surface area contributed by atoms with E-state index < -0.39 is 8.07 Å². The number of halogens is 1. The average Bonchev–Trinajstić information content (AvgIpc) is 2.49. The van der Waals surface area contributed by atoms with Crippen molar-refractivity contribution in [1.82, 2.24) is 4.98 Å². The van der Waals surface area contributed by atoms with Gasteiger partial charge in [-0.15, -0.1) is 0 Å². The van der Waals surface area contributed by atoms with E-state index in [1.807, 2.05) is 0 Å². The van der Waals surface area contributed by atoms with Crippen molar-refractivity contribution >= 4 is 32.2 Å². The summed E-state index contributed by atoms with van der Waals surface area (Å²) >= 11 is 5.69. The summed E-state index contributed by atoms with van der Waals surface area (Å²) in [4.78, 5) is 19.7. The van der Waals surface area contributed by atoms with Crippen LogP contribution >= 0.6 is 11.6 Å². The number of ether oxygens (including phenoxy) is 1. The van der Waals surface area contributed by atoms with Crippen molar-refractivity contribution in [1.29, 1.82) is 0 Å². The number of aromatic nitrogens is 1. The van der Waals surface area contributed by atoms with Gasteiger partial charge in [0.25, 0.3) is 0 Å². The van der Waals surface area contributed by atoms with Gasteiger partial charge in [0.15, 0.2) is 5.78 Å². The quantitative estimate of drug-likeness (QED) is 0.161. The lowest BCUT2D eigenvalue weighted by molar-refractivity contribution is 0.0995. The summed E-state index contributed by atoms with van der Waals surface area (Å²) < 4.78 is 5.58. The molecule has 23 heavy (non-hydrogen) atoms. The molecule has 0 unspecified atom stereocenters. The number of Topliss-reactive ketones (excluding diaryl/α,β-unsaturated/α-hetero) is 1. The summed E-state index contributed by atoms with van der Waals surface area (Å²) in [6.07, 6.45) is 6.97. The molecule has 1 aromatic heterocycles. The molecule has 0 saturated heterocycles. The molecule has 0 saturated carbocycles. The summed E-state index contributed by atoms with van der Waals surface area (Å²) in [5.41, 5.74) is 0.538. The van der Waals surface area contributed by atoms with E-state index in [-0.39, 0.29) is 12.2 Å². The van der Waals surface area contributed by atoms with Crippen LogP contribution < -0.4 is 0 Å². The fourth-order valence-corrected chi connectivity index (χ4v) is 2.42. The Hall–Kier alpha value is -1.72. The zero-order valence-electron chi connectivity index (χ0n) is 13.9. The number of allylic oxidation sites excluding steroid dienone is 3. The van der Waals surface area contributed by atoms with Gasteiger partial charge in [-0.3, -0.25) is 4.79 Å². The summed E-state index contributed by atoms with van der Waals surface area (Å²) in [7, 11) is -1.12. The third-order valence-electron chi connectivity index (χ3n) is 2.99. The molecule has 6 heteroatoms. The Morgan fingerprint density at radius 2 is 2.17 bits per heavy atom. The largest absolute Gasteiger partial charge is 0.478 e. The topological polar surface area (TPSA) is 51.5 Å². The molecule has 124 valence electrons. The van der Waals surface area contributed by atoms with Gasteiger partial charge in [-0.25, -0.2) is 9.98 Å². The number of carbonyl (C=O) groups excluding carboxylic acids is 1. The normalized spacial score (nSPS) is 12.4. The predicted octanol–water partition coefficient (Wildman–Crippen LogP) is 4.76. The second kappa shape index (κ2) is 9.42. The molecule has 0 fully saturated rings. The zero-order chi connectivity index (χ0) is 17.3. The lowest BCUT2D eigenvalue weighted by atomic mass is 10.1. The van der Waals surface area contributed by atoms with Crippen LogP contribution in [0.1, 0.15) is 16.8 Å². The number of nitrogens with zero attached hydrogens (tertiary/aromatic N) is 2. The highest BCUT2D eigenvalue weighted by Crippen LogP contribution is 2.11. The number of hydrogen-bond donors (Lipinski definition) is 0. The molecular weight excluding hydrogens is 328 g/mol. The van der Waals surface area contributed by atoms with Gasteiger partial charge in [0.2, 0.25) is 5.88 Å². The molecule has 0 aliphatic carbocycles. The van der Waals surface area contributed by atoms with Crippen molar-refractivity contribution in [3.63, 3.8) is 0 Å². The first-order chi connectivity index (χ1) is 10.8. The monoisotopic (exact) mass is 350 g/mol. The van der Waals surface area contributed by atoms with Gasteiger partial charge in [0, 0.05) is 26.3 Å². The number of pyridine rings is 1. The number of hydrogen-bond acceptors (Lipinski definition) is 4. The Morgan fingerprint density at radius 1 is 1.43 bits per heavy atom. The molecular formula is C17H23ClN2O2Si. The van der Waals surface area contributed by atoms with Crippen LogP contribution in [0.4, 0.5) is 0 Å². The Kier molecular flexibility index (Phi) is 7.92. The molecule has 0 spiro atoms. The van der Waals surface area contributed by atoms with Crippen LogP contribution in [-0.2, 0) is 4.74 Å². The Bertz CT molecular complexity index is 590. The predicted molar refractivity (Wildman–Crippen MR) is 99.1 cm³/mol. The molecule has 1 rings (SSSR count). The number of aliphatic imine (C=N–C) groups is 1. The van der Waals surface area contributed by atoms with Gasteiger partial charge < -0.3 is 4.74 Å². The summed E-state index contributed by atoms with van der Waals surface area (Å²) in [5.74, 6) is 0.451. The lowest BCUT2D eigenvalue weighted by Crippen LogP contribution is -2.21. The molecule has 0 bridgehead atoms. The standard InChI is InChI=1S/C17H23ClN2O2Si/c1-19-17(22-11-12-23(2,3)4)8-6-5-7-15(21)14-9-10-16(18)20-13-14/h5-6,8-10,13H,1,7,11-12H2,2-4H3/b6-5-,17-8+. The van der Waals surface area contributed by atoms with Gasteiger partial charge in [-0.05, 0) is 31.0 Å². The fraction of sp³-hybridized carbons (Fsp3) is 0.353. The molecule has 0 atom stereocenters. The maximum atomic E-state index is 11.9. The lowest BCUT2D eigenvalue weighted by Gasteiger charge is -2.15. The minimum Gasteiger partial charge on any atom is -0.478 e. The molecule has 4 nitrogen and oxygen atoms in total. The highest BCUT2D eigenvalue weighted by Gasteiger charge is 2.12. The highest BCUT2D eigenvalue weighted by atomic mass is 35.5. The van der Waals surface area contributed by atoms with Crippen molar-refractivity contribution < 1.29 is 9.53 Å². The van der Waals surface area contributed by atoms with Gasteiger partial charge in [-0.2, -0.15) is 0 Å². The zero-order valence-corrected chi connectivity index (χ0v) is 15.6. The van der Waals surface area contributed by atoms with Crippen LogP contribution in [0, 0.1) is 0 Å². The van der Waals surface area contributed by atoms with Crippen LogP contribution in [0.15, 0.2) is 47.4 Å². The van der Waals surface area contributed by atoms with E-state index in [0.717, 1.165) is 6.04 Å². The van der Waals surface area contributed by atoms with E-state index >= 15 is 0 Å². The molecule has 0 N–H and O–H groups in total. The third-order valence-corrected chi connectivity index (χ3v) is 4.91. The summed E-state index contributed by atoms with van der Waals surface area (Å²) in [6, 6.07) is 4.33. The minimum absolute atomic E-state index is 0.0217. The smallest absolute Gasteiger partial charge is 0.212 e.